The summed E-state index contributed by atoms with van der Waals surface area (Å²) in [6, 6.07) is 0. The van der Waals surface area contributed by atoms with Gasteiger partial charge in [0, 0.05) is 12.8 Å². The number of esters is 1. The molecule has 0 bridgehead atoms. The second-order valence-electron chi connectivity index (χ2n) is 10.1. The molecule has 0 fully saturated rings. The quantitative estimate of drug-likeness (QED) is 0.127. The average Bonchev–Trinajstić information content (AvgIpc) is 3.60. The van der Waals surface area contributed by atoms with E-state index in [1.54, 1.807) is 0 Å². The molecule has 2 heterocycles. The molecule has 216 valence electrons. The molecular weight excluding hydrogens is 492 g/mol. The number of oxazole rings is 2. The van der Waals surface area contributed by atoms with E-state index in [1.165, 1.54) is 83.6 Å². The Labute approximate surface area is 225 Å². The summed E-state index contributed by atoms with van der Waals surface area (Å²) in [5, 5.41) is 39.6. The molecule has 0 aliphatic heterocycles. The highest BCUT2D eigenvalue weighted by Gasteiger charge is 2.30. The fourth-order valence-corrected chi connectivity index (χ4v) is 4.27. The summed E-state index contributed by atoms with van der Waals surface area (Å²) in [5.74, 6) is -0.209. The first-order valence-corrected chi connectivity index (χ1v) is 14.1. The molecule has 1 unspecified atom stereocenters. The van der Waals surface area contributed by atoms with Crippen molar-refractivity contribution >= 4 is 5.97 Å². The van der Waals surface area contributed by atoms with E-state index in [2.05, 4.69) is 16.9 Å². The predicted molar refractivity (Wildman–Crippen MR) is 140 cm³/mol. The highest BCUT2D eigenvalue weighted by Crippen LogP contribution is 2.29. The molecule has 0 saturated heterocycles. The van der Waals surface area contributed by atoms with Crippen LogP contribution in [0.4, 0.5) is 0 Å². The first kappa shape index (κ1) is 31.9. The number of aliphatic hydroxyl groups excluding tert-OH is 4. The smallest absolute Gasteiger partial charge is 0.307 e. The summed E-state index contributed by atoms with van der Waals surface area (Å²) in [5.41, 5.74) is 0.0818. The lowest BCUT2D eigenvalue weighted by atomic mass is 10.0. The van der Waals surface area contributed by atoms with Gasteiger partial charge in [0.1, 0.15) is 24.2 Å². The van der Waals surface area contributed by atoms with E-state index in [9.17, 15) is 25.2 Å². The first-order valence-electron chi connectivity index (χ1n) is 14.1. The molecule has 2 rings (SSSR count). The van der Waals surface area contributed by atoms with Crippen LogP contribution in [0, 0.1) is 0 Å². The van der Waals surface area contributed by atoms with E-state index >= 15 is 0 Å². The van der Waals surface area contributed by atoms with Gasteiger partial charge in [0.05, 0.1) is 18.4 Å². The van der Waals surface area contributed by atoms with Crippen molar-refractivity contribution in [3.05, 3.63) is 36.2 Å². The minimum Gasteiger partial charge on any atom is -0.445 e. The standard InChI is InChI=1S/C28H46N2O8/c1-3-4-5-6-7-8-9-10-11-12-13-14-15-25(34)38-27(24-17-29-19-37-24)28-30-21(18-36-28)22(32)16-23(33)26(35)20(2)31/h17-20,22-23,26-27,31-33,35H,3-16H2,1-2H3/t20-,22+,23-,26+,27?/m0/s1. The topological polar surface area (TPSA) is 159 Å². The number of hydrogen-bond acceptors (Lipinski definition) is 10. The fraction of sp³-hybridized carbons (Fsp3) is 0.750. The third-order valence-electron chi connectivity index (χ3n) is 6.65. The van der Waals surface area contributed by atoms with Gasteiger partial charge in [0.2, 0.25) is 12.0 Å². The Morgan fingerprint density at radius 2 is 1.53 bits per heavy atom. The molecule has 38 heavy (non-hydrogen) atoms. The SMILES string of the molecule is CCCCCCCCCCCCCCC(=O)OC(c1cnco1)c1nc([C@H](O)C[C@H](O)[C@H](O)[C@H](C)O)co1. The normalized spacial score (nSPS) is 15.6. The number of aliphatic hydroxyl groups is 4. The summed E-state index contributed by atoms with van der Waals surface area (Å²) in [7, 11) is 0. The lowest BCUT2D eigenvalue weighted by Gasteiger charge is -2.21. The molecular formula is C28H46N2O8. The van der Waals surface area contributed by atoms with Crippen LogP contribution in [0.1, 0.15) is 133 Å². The summed E-state index contributed by atoms with van der Waals surface area (Å²) in [6.45, 7) is 3.57. The summed E-state index contributed by atoms with van der Waals surface area (Å²) in [6.07, 6.45) is 11.9. The highest BCUT2D eigenvalue weighted by atomic mass is 16.6. The Balaban J connectivity index is 1.76. The van der Waals surface area contributed by atoms with Crippen LogP contribution in [0.15, 0.2) is 27.7 Å². The number of aromatic nitrogens is 2. The maximum absolute atomic E-state index is 12.5. The van der Waals surface area contributed by atoms with E-state index in [-0.39, 0.29) is 30.2 Å². The zero-order valence-corrected chi connectivity index (χ0v) is 22.8. The largest absolute Gasteiger partial charge is 0.445 e. The second kappa shape index (κ2) is 18.1. The van der Waals surface area contributed by atoms with Crippen molar-refractivity contribution in [2.45, 2.75) is 134 Å². The molecule has 2 aromatic heterocycles. The molecule has 0 aliphatic carbocycles. The van der Waals surface area contributed by atoms with Gasteiger partial charge in [-0.15, -0.1) is 0 Å². The Kier molecular flexibility index (Phi) is 15.2. The number of hydrogen-bond donors (Lipinski definition) is 4. The first-order chi connectivity index (χ1) is 18.3. The minimum atomic E-state index is -1.42. The number of rotatable bonds is 21. The van der Waals surface area contributed by atoms with Crippen molar-refractivity contribution in [2.75, 3.05) is 0 Å². The molecule has 0 radical (unpaired) electrons. The lowest BCUT2D eigenvalue weighted by Crippen LogP contribution is -2.36. The van der Waals surface area contributed by atoms with Crippen LogP contribution in [0.25, 0.3) is 0 Å². The fourth-order valence-electron chi connectivity index (χ4n) is 4.27. The number of carbonyl (C=O) groups is 1. The van der Waals surface area contributed by atoms with Gasteiger partial charge >= 0.3 is 5.97 Å². The highest BCUT2D eigenvalue weighted by molar-refractivity contribution is 5.69. The van der Waals surface area contributed by atoms with Gasteiger partial charge in [0.15, 0.2) is 12.2 Å². The van der Waals surface area contributed by atoms with E-state index in [1.807, 2.05) is 0 Å². The summed E-state index contributed by atoms with van der Waals surface area (Å²) < 4.78 is 16.3. The van der Waals surface area contributed by atoms with Gasteiger partial charge < -0.3 is 34.0 Å². The molecule has 10 heteroatoms. The van der Waals surface area contributed by atoms with Crippen LogP contribution < -0.4 is 0 Å². The molecule has 0 amide bonds. The number of unbranched alkanes of at least 4 members (excludes halogenated alkanes) is 11. The third kappa shape index (κ3) is 11.6. The van der Waals surface area contributed by atoms with Gasteiger partial charge in [0.25, 0.3) is 0 Å². The number of carbonyl (C=O) groups excluding carboxylic acids is 1. The maximum Gasteiger partial charge on any atom is 0.307 e. The Bertz CT molecular complexity index is 870. The summed E-state index contributed by atoms with van der Waals surface area (Å²) >= 11 is 0. The number of nitrogens with zero attached hydrogens (tertiary/aromatic N) is 2. The van der Waals surface area contributed by atoms with Gasteiger partial charge in [-0.25, -0.2) is 9.97 Å². The Morgan fingerprint density at radius 3 is 2.08 bits per heavy atom. The lowest BCUT2D eigenvalue weighted by molar-refractivity contribution is -0.149. The molecule has 0 spiro atoms. The summed E-state index contributed by atoms with van der Waals surface area (Å²) in [4.78, 5) is 20.6. The van der Waals surface area contributed by atoms with Crippen molar-refractivity contribution in [3.63, 3.8) is 0 Å². The van der Waals surface area contributed by atoms with Gasteiger partial charge in [-0.05, 0) is 13.3 Å². The van der Waals surface area contributed by atoms with Crippen LogP contribution in [-0.2, 0) is 9.53 Å². The van der Waals surface area contributed by atoms with Crippen molar-refractivity contribution in [3.8, 4) is 0 Å². The zero-order chi connectivity index (χ0) is 27.8. The van der Waals surface area contributed by atoms with E-state index in [0.29, 0.717) is 0 Å². The van der Waals surface area contributed by atoms with Crippen LogP contribution in [0.2, 0.25) is 0 Å². The van der Waals surface area contributed by atoms with Crippen LogP contribution >= 0.6 is 0 Å². The van der Waals surface area contributed by atoms with Crippen molar-refractivity contribution in [2.24, 2.45) is 0 Å². The van der Waals surface area contributed by atoms with Crippen LogP contribution in [0.5, 0.6) is 0 Å². The predicted octanol–water partition coefficient (Wildman–Crippen LogP) is 4.91. The molecule has 4 N–H and O–H groups in total. The van der Waals surface area contributed by atoms with Crippen molar-refractivity contribution < 1.29 is 38.8 Å². The molecule has 0 aromatic carbocycles. The second-order valence-corrected chi connectivity index (χ2v) is 10.1. The molecule has 2 aromatic rings. The molecule has 0 saturated carbocycles. The molecule has 5 atom stereocenters. The zero-order valence-electron chi connectivity index (χ0n) is 22.8. The van der Waals surface area contributed by atoms with Crippen LogP contribution in [0.3, 0.4) is 0 Å². The Morgan fingerprint density at radius 1 is 0.921 bits per heavy atom. The number of ether oxygens (including phenoxy) is 1. The van der Waals surface area contributed by atoms with E-state index in [0.717, 1.165) is 19.3 Å². The Hall–Kier alpha value is -2.27. The molecule has 0 aliphatic rings. The van der Waals surface area contributed by atoms with Gasteiger partial charge in [-0.1, -0.05) is 77.6 Å². The van der Waals surface area contributed by atoms with Gasteiger partial charge in [-0.2, -0.15) is 0 Å². The van der Waals surface area contributed by atoms with E-state index < -0.39 is 36.5 Å². The maximum atomic E-state index is 12.5. The minimum absolute atomic E-state index is 0.00981. The monoisotopic (exact) mass is 538 g/mol. The molecule has 10 nitrogen and oxygen atoms in total. The van der Waals surface area contributed by atoms with Crippen molar-refractivity contribution in [1.82, 2.24) is 9.97 Å². The van der Waals surface area contributed by atoms with Crippen LogP contribution in [-0.4, -0.2) is 54.7 Å². The third-order valence-corrected chi connectivity index (χ3v) is 6.65. The van der Waals surface area contributed by atoms with Gasteiger partial charge in [-0.3, -0.25) is 4.79 Å². The van der Waals surface area contributed by atoms with E-state index in [4.69, 9.17) is 13.6 Å². The average molecular weight is 539 g/mol. The van der Waals surface area contributed by atoms with Crippen molar-refractivity contribution in [1.29, 1.82) is 0 Å².